The Bertz CT molecular complexity index is 1390. The number of nitrogens with one attached hydrogen (secondary N) is 1. The van der Waals surface area contributed by atoms with Gasteiger partial charge in [-0.1, -0.05) is 63.9 Å². The van der Waals surface area contributed by atoms with Crippen molar-refractivity contribution in [1.82, 2.24) is 0 Å². The number of amides is 1. The second kappa shape index (κ2) is 10.4. The summed E-state index contributed by atoms with van der Waals surface area (Å²) < 4.78 is 6.87. The van der Waals surface area contributed by atoms with Gasteiger partial charge in [0.1, 0.15) is 24.0 Å². The summed E-state index contributed by atoms with van der Waals surface area (Å²) >= 11 is 9.33. The molecular weight excluding hydrogens is 500 g/mol. The topological polar surface area (TPSA) is 62.1 Å². The molecule has 162 valence electrons. The van der Waals surface area contributed by atoms with E-state index in [1.807, 2.05) is 42.5 Å². The second-order valence-electron chi connectivity index (χ2n) is 7.28. The van der Waals surface area contributed by atoms with Crippen LogP contribution in [0.3, 0.4) is 0 Å². The van der Waals surface area contributed by atoms with Crippen molar-refractivity contribution in [3.05, 3.63) is 111 Å². The van der Waals surface area contributed by atoms with Crippen molar-refractivity contribution in [2.24, 2.45) is 0 Å². The molecule has 0 atom stereocenters. The van der Waals surface area contributed by atoms with Crippen LogP contribution in [0.4, 0.5) is 5.69 Å². The van der Waals surface area contributed by atoms with Crippen LogP contribution < -0.4 is 10.1 Å². The average Bonchev–Trinajstić information content (AvgIpc) is 2.83. The van der Waals surface area contributed by atoms with Crippen LogP contribution in [0.25, 0.3) is 16.8 Å². The van der Waals surface area contributed by atoms with E-state index in [1.54, 1.807) is 24.3 Å². The van der Waals surface area contributed by atoms with E-state index in [-0.39, 0.29) is 5.57 Å². The predicted octanol–water partition coefficient (Wildman–Crippen LogP) is 7.38. The van der Waals surface area contributed by atoms with Gasteiger partial charge in [-0.3, -0.25) is 4.79 Å². The summed E-state index contributed by atoms with van der Waals surface area (Å²) in [5, 5.41) is 15.2. The monoisotopic (exact) mass is 516 g/mol. The molecule has 0 saturated carbocycles. The Kier molecular flexibility index (Phi) is 7.09. The standard InChI is InChI=1S/C27H18BrClN2O2/c28-23-7-12-26(33-17-18-5-6-19-3-1-2-4-20(19)13-18)21(15-23)14-22(16-30)27(32)31-25-10-8-24(29)9-11-25/h1-15H,17H2,(H,31,32)/b22-14+. The zero-order chi connectivity index (χ0) is 23.2. The van der Waals surface area contributed by atoms with E-state index in [0.717, 1.165) is 15.4 Å². The Labute approximate surface area is 205 Å². The lowest BCUT2D eigenvalue weighted by atomic mass is 10.1. The van der Waals surface area contributed by atoms with Crippen LogP contribution in [-0.2, 0) is 11.4 Å². The van der Waals surface area contributed by atoms with Crippen molar-refractivity contribution in [2.75, 3.05) is 5.32 Å². The first-order chi connectivity index (χ1) is 16.0. The van der Waals surface area contributed by atoms with Gasteiger partial charge >= 0.3 is 0 Å². The lowest BCUT2D eigenvalue weighted by molar-refractivity contribution is -0.112. The van der Waals surface area contributed by atoms with Crippen LogP contribution in [0.15, 0.2) is 95.0 Å². The molecule has 0 radical (unpaired) electrons. The van der Waals surface area contributed by atoms with Gasteiger partial charge in [-0.25, -0.2) is 0 Å². The SMILES string of the molecule is N#C/C(=C\c1cc(Br)ccc1OCc1ccc2ccccc2c1)C(=O)Nc1ccc(Cl)cc1. The maximum absolute atomic E-state index is 12.6. The number of carbonyl (C=O) groups excluding carboxylic acids is 1. The maximum Gasteiger partial charge on any atom is 0.266 e. The van der Waals surface area contributed by atoms with Gasteiger partial charge in [-0.2, -0.15) is 5.26 Å². The number of halogens is 2. The molecule has 1 amide bonds. The van der Waals surface area contributed by atoms with Crippen LogP contribution in [0, 0.1) is 11.3 Å². The molecule has 0 aliphatic carbocycles. The molecule has 0 heterocycles. The number of hydrogen-bond donors (Lipinski definition) is 1. The van der Waals surface area contributed by atoms with Gasteiger partial charge in [0.05, 0.1) is 0 Å². The predicted molar refractivity (Wildman–Crippen MR) is 136 cm³/mol. The summed E-state index contributed by atoms with van der Waals surface area (Å²) in [6.45, 7) is 0.353. The van der Waals surface area contributed by atoms with E-state index in [4.69, 9.17) is 16.3 Å². The third-order valence-electron chi connectivity index (χ3n) is 4.95. The molecule has 1 N–H and O–H groups in total. The van der Waals surface area contributed by atoms with Crippen molar-refractivity contribution in [2.45, 2.75) is 6.61 Å². The maximum atomic E-state index is 12.6. The van der Waals surface area contributed by atoms with Gasteiger partial charge in [-0.15, -0.1) is 0 Å². The van der Waals surface area contributed by atoms with Gasteiger partial charge in [-0.05, 0) is 70.9 Å². The van der Waals surface area contributed by atoms with E-state index >= 15 is 0 Å². The highest BCUT2D eigenvalue weighted by molar-refractivity contribution is 9.10. The average molecular weight is 518 g/mol. The van der Waals surface area contributed by atoms with E-state index in [9.17, 15) is 10.1 Å². The van der Waals surface area contributed by atoms with E-state index in [2.05, 4.69) is 45.5 Å². The summed E-state index contributed by atoms with van der Waals surface area (Å²) in [6, 6.07) is 28.4. The Morgan fingerprint density at radius 1 is 1.00 bits per heavy atom. The molecule has 4 aromatic carbocycles. The third-order valence-corrected chi connectivity index (χ3v) is 5.69. The first-order valence-electron chi connectivity index (χ1n) is 10.1. The molecule has 0 bridgehead atoms. The Morgan fingerprint density at radius 2 is 1.76 bits per heavy atom. The normalized spacial score (nSPS) is 11.1. The molecular formula is C27H18BrClN2O2. The minimum Gasteiger partial charge on any atom is -0.488 e. The smallest absolute Gasteiger partial charge is 0.266 e. The van der Waals surface area contributed by atoms with Gasteiger partial charge in [0.15, 0.2) is 0 Å². The third kappa shape index (κ3) is 5.81. The molecule has 0 spiro atoms. The second-order valence-corrected chi connectivity index (χ2v) is 8.64. The quantitative estimate of drug-likeness (QED) is 0.214. The van der Waals surface area contributed by atoms with Gasteiger partial charge in [0.25, 0.3) is 5.91 Å². The van der Waals surface area contributed by atoms with Crippen LogP contribution in [0.1, 0.15) is 11.1 Å². The summed E-state index contributed by atoms with van der Waals surface area (Å²) in [7, 11) is 0. The number of hydrogen-bond acceptors (Lipinski definition) is 3. The Morgan fingerprint density at radius 3 is 2.52 bits per heavy atom. The number of benzene rings is 4. The number of nitriles is 1. The minimum absolute atomic E-state index is 0.0430. The summed E-state index contributed by atoms with van der Waals surface area (Å²) in [4.78, 5) is 12.6. The van der Waals surface area contributed by atoms with Gasteiger partial charge in [0, 0.05) is 20.7 Å². The van der Waals surface area contributed by atoms with Crippen LogP contribution in [-0.4, -0.2) is 5.91 Å². The number of ether oxygens (including phenoxy) is 1. The fourth-order valence-corrected chi connectivity index (χ4v) is 3.79. The molecule has 0 saturated heterocycles. The summed E-state index contributed by atoms with van der Waals surface area (Å²) in [6.07, 6.45) is 1.52. The highest BCUT2D eigenvalue weighted by Crippen LogP contribution is 2.27. The van der Waals surface area contributed by atoms with Gasteiger partial charge < -0.3 is 10.1 Å². The van der Waals surface area contributed by atoms with Crippen molar-refractivity contribution >= 4 is 56.0 Å². The lowest BCUT2D eigenvalue weighted by Crippen LogP contribution is -2.13. The first-order valence-corrected chi connectivity index (χ1v) is 11.3. The molecule has 0 aliphatic heterocycles. The number of nitrogens with zero attached hydrogens (tertiary/aromatic N) is 1. The van der Waals surface area contributed by atoms with Crippen molar-refractivity contribution < 1.29 is 9.53 Å². The van der Waals surface area contributed by atoms with E-state index in [0.29, 0.717) is 28.6 Å². The van der Waals surface area contributed by atoms with Gasteiger partial charge in [0.2, 0.25) is 0 Å². The molecule has 6 heteroatoms. The lowest BCUT2D eigenvalue weighted by Gasteiger charge is -2.11. The zero-order valence-electron chi connectivity index (χ0n) is 17.4. The largest absolute Gasteiger partial charge is 0.488 e. The molecule has 0 unspecified atom stereocenters. The molecule has 4 nitrogen and oxygen atoms in total. The van der Waals surface area contributed by atoms with Crippen molar-refractivity contribution in [3.8, 4) is 11.8 Å². The summed E-state index contributed by atoms with van der Waals surface area (Å²) in [5.74, 6) is 0.0543. The first kappa shape index (κ1) is 22.6. The fraction of sp³-hybridized carbons (Fsp3) is 0.0370. The molecule has 0 aliphatic rings. The minimum atomic E-state index is -0.514. The molecule has 0 aromatic heterocycles. The molecule has 4 aromatic rings. The molecule has 33 heavy (non-hydrogen) atoms. The Hall–Kier alpha value is -3.59. The van der Waals surface area contributed by atoms with Crippen molar-refractivity contribution in [1.29, 1.82) is 5.26 Å². The molecule has 0 fully saturated rings. The van der Waals surface area contributed by atoms with Crippen LogP contribution >= 0.6 is 27.5 Å². The number of anilines is 1. The summed E-state index contributed by atoms with van der Waals surface area (Å²) in [5.41, 5.74) is 2.15. The highest BCUT2D eigenvalue weighted by atomic mass is 79.9. The van der Waals surface area contributed by atoms with Crippen molar-refractivity contribution in [3.63, 3.8) is 0 Å². The molecule has 4 rings (SSSR count). The van der Waals surface area contributed by atoms with E-state index in [1.165, 1.54) is 11.5 Å². The number of fused-ring (bicyclic) bond motifs is 1. The van der Waals surface area contributed by atoms with E-state index < -0.39 is 5.91 Å². The fourth-order valence-electron chi connectivity index (χ4n) is 3.29. The Balaban J connectivity index is 1.55. The van der Waals surface area contributed by atoms with Crippen LogP contribution in [0.2, 0.25) is 5.02 Å². The van der Waals surface area contributed by atoms with Crippen LogP contribution in [0.5, 0.6) is 5.75 Å². The number of rotatable bonds is 6. The zero-order valence-corrected chi connectivity index (χ0v) is 19.7. The number of carbonyl (C=O) groups is 1. The highest BCUT2D eigenvalue weighted by Gasteiger charge is 2.12.